The van der Waals surface area contributed by atoms with Crippen molar-refractivity contribution < 1.29 is 4.79 Å². The number of hydrogen-bond acceptors (Lipinski definition) is 3. The lowest BCUT2D eigenvalue weighted by molar-refractivity contribution is -0.131. The summed E-state index contributed by atoms with van der Waals surface area (Å²) in [6, 6.07) is 5.41. The Hall–Kier alpha value is -1.59. The van der Waals surface area contributed by atoms with Gasteiger partial charge < -0.3 is 9.47 Å². The monoisotopic (exact) mass is 392 g/mol. The zero-order chi connectivity index (χ0) is 18.1. The quantitative estimate of drug-likeness (QED) is 0.785. The van der Waals surface area contributed by atoms with Gasteiger partial charge in [-0.15, -0.1) is 10.2 Å². The molecular formula is C19H22Cl2N4O. The normalized spacial score (nSPS) is 20.1. The number of amides is 1. The minimum atomic E-state index is 0.0321. The Morgan fingerprint density at radius 1 is 1.08 bits per heavy atom. The molecule has 1 amide bonds. The number of fused-ring (bicyclic) bond motifs is 1. The number of carbonyl (C=O) groups is 1. The number of rotatable bonds is 3. The lowest BCUT2D eigenvalue weighted by Crippen LogP contribution is -2.33. The molecule has 1 aromatic heterocycles. The van der Waals surface area contributed by atoms with Gasteiger partial charge >= 0.3 is 0 Å². The Morgan fingerprint density at radius 3 is 2.81 bits per heavy atom. The number of carbonyl (C=O) groups excluding carboxylic acids is 1. The van der Waals surface area contributed by atoms with E-state index >= 15 is 0 Å². The third-order valence-electron chi connectivity index (χ3n) is 5.35. The van der Waals surface area contributed by atoms with Crippen LogP contribution in [0.5, 0.6) is 0 Å². The maximum Gasteiger partial charge on any atom is 0.227 e. The maximum absolute atomic E-state index is 12.9. The second-order valence-corrected chi connectivity index (χ2v) is 7.92. The van der Waals surface area contributed by atoms with E-state index in [1.54, 1.807) is 12.1 Å². The summed E-state index contributed by atoms with van der Waals surface area (Å²) < 4.78 is 2.25. The highest BCUT2D eigenvalue weighted by Crippen LogP contribution is 2.33. The van der Waals surface area contributed by atoms with Crippen molar-refractivity contribution in [3.8, 4) is 0 Å². The van der Waals surface area contributed by atoms with Crippen molar-refractivity contribution in [2.45, 2.75) is 57.5 Å². The topological polar surface area (TPSA) is 51.0 Å². The van der Waals surface area contributed by atoms with Gasteiger partial charge in [-0.25, -0.2) is 0 Å². The lowest BCUT2D eigenvalue weighted by Gasteiger charge is -2.25. The summed E-state index contributed by atoms with van der Waals surface area (Å²) in [6.07, 6.45) is 6.81. The Morgan fingerprint density at radius 2 is 1.96 bits per heavy atom. The van der Waals surface area contributed by atoms with Crippen LogP contribution in [0.3, 0.4) is 0 Å². The second-order valence-electron chi connectivity index (χ2n) is 7.11. The summed E-state index contributed by atoms with van der Waals surface area (Å²) >= 11 is 12.1. The molecule has 0 spiro atoms. The molecule has 26 heavy (non-hydrogen) atoms. The summed E-state index contributed by atoms with van der Waals surface area (Å²) in [6.45, 7) is 1.73. The first-order valence-corrected chi connectivity index (χ1v) is 10.0. The molecule has 138 valence electrons. The highest BCUT2D eigenvalue weighted by molar-refractivity contribution is 6.42. The molecule has 0 radical (unpaired) electrons. The predicted octanol–water partition coefficient (Wildman–Crippen LogP) is 4.22. The molecule has 7 heteroatoms. The second kappa shape index (κ2) is 7.57. The first kappa shape index (κ1) is 17.8. The largest absolute Gasteiger partial charge is 0.332 e. The number of benzene rings is 1. The van der Waals surface area contributed by atoms with Crippen LogP contribution in [0.1, 0.15) is 55.4 Å². The summed E-state index contributed by atoms with van der Waals surface area (Å²) in [5, 5.41) is 9.86. The minimum absolute atomic E-state index is 0.0321. The predicted molar refractivity (Wildman–Crippen MR) is 101 cm³/mol. The molecule has 0 saturated carbocycles. The molecule has 5 nitrogen and oxygen atoms in total. The number of nitrogens with zero attached hydrogens (tertiary/aromatic N) is 4. The van der Waals surface area contributed by atoms with Gasteiger partial charge in [0.2, 0.25) is 5.91 Å². The van der Waals surface area contributed by atoms with Crippen LogP contribution in [0, 0.1) is 0 Å². The highest BCUT2D eigenvalue weighted by atomic mass is 35.5. The van der Waals surface area contributed by atoms with Crippen molar-refractivity contribution in [1.82, 2.24) is 19.7 Å². The zero-order valence-corrected chi connectivity index (χ0v) is 16.1. The van der Waals surface area contributed by atoms with E-state index in [0.717, 1.165) is 56.0 Å². The summed E-state index contributed by atoms with van der Waals surface area (Å²) in [7, 11) is 0. The lowest BCUT2D eigenvalue weighted by atomic mass is 10.1. The van der Waals surface area contributed by atoms with Gasteiger partial charge in [0.05, 0.1) is 22.5 Å². The maximum atomic E-state index is 12.9. The molecule has 1 atom stereocenters. The molecule has 0 unspecified atom stereocenters. The first-order valence-electron chi connectivity index (χ1n) is 9.29. The fraction of sp³-hybridized carbons (Fsp3) is 0.526. The van der Waals surface area contributed by atoms with E-state index in [4.69, 9.17) is 23.2 Å². The van der Waals surface area contributed by atoms with Crippen LogP contribution in [-0.4, -0.2) is 32.1 Å². The number of aryl methyl sites for hydroxylation is 1. The molecule has 1 fully saturated rings. The van der Waals surface area contributed by atoms with Crippen LogP contribution >= 0.6 is 23.2 Å². The number of halogens is 2. The van der Waals surface area contributed by atoms with Crippen molar-refractivity contribution in [1.29, 1.82) is 0 Å². The van der Waals surface area contributed by atoms with Gasteiger partial charge in [-0.2, -0.15) is 0 Å². The molecule has 3 heterocycles. The van der Waals surface area contributed by atoms with Crippen molar-refractivity contribution in [2.75, 3.05) is 6.54 Å². The van der Waals surface area contributed by atoms with E-state index < -0.39 is 0 Å². The van der Waals surface area contributed by atoms with Crippen molar-refractivity contribution in [3.63, 3.8) is 0 Å². The Balaban J connectivity index is 1.54. The van der Waals surface area contributed by atoms with Gasteiger partial charge in [-0.1, -0.05) is 35.7 Å². The Kier molecular flexibility index (Phi) is 5.18. The van der Waals surface area contributed by atoms with Crippen molar-refractivity contribution in [2.24, 2.45) is 0 Å². The zero-order valence-electron chi connectivity index (χ0n) is 14.6. The first-order chi connectivity index (χ1) is 12.6. The fourth-order valence-corrected chi connectivity index (χ4v) is 4.33. The SMILES string of the molecule is O=C(Cc1ccc(Cl)c(Cl)c1)N1CCC[C@H]1c1nnc2n1CCCCC2. The van der Waals surface area contributed by atoms with Gasteiger partial charge in [0.15, 0.2) is 5.82 Å². The van der Waals surface area contributed by atoms with E-state index in [0.29, 0.717) is 16.5 Å². The number of hydrogen-bond donors (Lipinski definition) is 0. The van der Waals surface area contributed by atoms with Crippen molar-refractivity contribution >= 4 is 29.1 Å². The summed E-state index contributed by atoms with van der Waals surface area (Å²) in [5.41, 5.74) is 0.884. The van der Waals surface area contributed by atoms with Gasteiger partial charge in [-0.05, 0) is 43.4 Å². The van der Waals surface area contributed by atoms with Crippen LogP contribution < -0.4 is 0 Å². The van der Waals surface area contributed by atoms with Crippen molar-refractivity contribution in [3.05, 3.63) is 45.5 Å². The van der Waals surface area contributed by atoms with Crippen LogP contribution in [0.2, 0.25) is 10.0 Å². The van der Waals surface area contributed by atoms with Crippen LogP contribution in [0.15, 0.2) is 18.2 Å². The molecule has 1 aromatic carbocycles. The molecule has 0 N–H and O–H groups in total. The fourth-order valence-electron chi connectivity index (χ4n) is 4.01. The average molecular weight is 393 g/mol. The summed E-state index contributed by atoms with van der Waals surface area (Å²) in [5.74, 6) is 2.14. The Bertz CT molecular complexity index is 820. The van der Waals surface area contributed by atoms with Gasteiger partial charge in [0.1, 0.15) is 5.82 Å². The average Bonchev–Trinajstić information content (AvgIpc) is 3.19. The third-order valence-corrected chi connectivity index (χ3v) is 6.09. The molecular weight excluding hydrogens is 371 g/mol. The molecule has 1 saturated heterocycles. The van der Waals surface area contributed by atoms with Gasteiger partial charge in [0.25, 0.3) is 0 Å². The molecule has 2 aromatic rings. The molecule has 2 aliphatic rings. The van der Waals surface area contributed by atoms with Crippen LogP contribution in [-0.2, 0) is 24.2 Å². The van der Waals surface area contributed by atoms with E-state index in [1.165, 1.54) is 12.8 Å². The number of likely N-dealkylation sites (tertiary alicyclic amines) is 1. The molecule has 0 bridgehead atoms. The van der Waals surface area contributed by atoms with Gasteiger partial charge in [0, 0.05) is 19.5 Å². The van der Waals surface area contributed by atoms with E-state index in [2.05, 4.69) is 14.8 Å². The van der Waals surface area contributed by atoms with Crippen LogP contribution in [0.4, 0.5) is 0 Å². The van der Waals surface area contributed by atoms with Crippen LogP contribution in [0.25, 0.3) is 0 Å². The molecule has 4 rings (SSSR count). The third kappa shape index (κ3) is 3.47. The summed E-state index contributed by atoms with van der Waals surface area (Å²) in [4.78, 5) is 14.9. The molecule has 0 aliphatic carbocycles. The number of aromatic nitrogens is 3. The van der Waals surface area contributed by atoms with Gasteiger partial charge in [-0.3, -0.25) is 4.79 Å². The van der Waals surface area contributed by atoms with E-state index in [1.807, 2.05) is 11.0 Å². The van der Waals surface area contributed by atoms with E-state index in [-0.39, 0.29) is 11.9 Å². The van der Waals surface area contributed by atoms with E-state index in [9.17, 15) is 4.79 Å². The standard InChI is InChI=1S/C19H22Cl2N4O/c20-14-8-7-13(11-15(14)21)12-18(26)24-10-4-5-16(24)19-23-22-17-6-2-1-3-9-25(17)19/h7-8,11,16H,1-6,9-10,12H2/t16-/m0/s1. The highest BCUT2D eigenvalue weighted by Gasteiger charge is 2.34. The smallest absolute Gasteiger partial charge is 0.227 e. The minimum Gasteiger partial charge on any atom is -0.332 e. The Labute approximate surface area is 163 Å². The molecule has 2 aliphatic heterocycles.